The first kappa shape index (κ1) is 14.2. The Balaban J connectivity index is 2.33. The van der Waals surface area contributed by atoms with Gasteiger partial charge < -0.3 is 10.1 Å². The molecule has 0 aliphatic carbocycles. The Morgan fingerprint density at radius 2 is 2.00 bits per heavy atom. The highest BCUT2D eigenvalue weighted by Gasteiger charge is 2.10. The SMILES string of the molecule is Cc1cccc([C@H](C)NCCOC(C)(C)C)c1. The third-order valence-corrected chi connectivity index (χ3v) is 2.63. The molecule has 0 bridgehead atoms. The van der Waals surface area contributed by atoms with Crippen molar-refractivity contribution in [3.8, 4) is 0 Å². The van der Waals surface area contributed by atoms with Crippen LogP contribution in [0.25, 0.3) is 0 Å². The van der Waals surface area contributed by atoms with Crippen LogP contribution in [0.4, 0.5) is 0 Å². The van der Waals surface area contributed by atoms with Gasteiger partial charge in [0, 0.05) is 12.6 Å². The molecule has 0 fully saturated rings. The molecule has 0 spiro atoms. The molecule has 1 atom stereocenters. The van der Waals surface area contributed by atoms with Crippen LogP contribution in [-0.2, 0) is 4.74 Å². The fraction of sp³-hybridized carbons (Fsp3) is 0.600. The monoisotopic (exact) mass is 235 g/mol. The maximum absolute atomic E-state index is 5.68. The molecule has 0 aliphatic heterocycles. The molecule has 0 unspecified atom stereocenters. The first-order valence-electron chi connectivity index (χ1n) is 6.32. The summed E-state index contributed by atoms with van der Waals surface area (Å²) in [7, 11) is 0. The first-order valence-corrected chi connectivity index (χ1v) is 6.32. The lowest BCUT2D eigenvalue weighted by molar-refractivity contribution is -0.00149. The van der Waals surface area contributed by atoms with E-state index in [2.05, 4.69) is 64.2 Å². The van der Waals surface area contributed by atoms with Gasteiger partial charge in [0.1, 0.15) is 0 Å². The standard InChI is InChI=1S/C15H25NO/c1-12-7-6-8-14(11-12)13(2)16-9-10-17-15(3,4)5/h6-8,11,13,16H,9-10H2,1-5H3/t13-/m0/s1. The van der Waals surface area contributed by atoms with Crippen molar-refractivity contribution >= 4 is 0 Å². The van der Waals surface area contributed by atoms with Crippen LogP contribution < -0.4 is 5.32 Å². The van der Waals surface area contributed by atoms with Gasteiger partial charge in [0.05, 0.1) is 12.2 Å². The van der Waals surface area contributed by atoms with E-state index in [-0.39, 0.29) is 5.60 Å². The Morgan fingerprint density at radius 1 is 1.29 bits per heavy atom. The highest BCUT2D eigenvalue weighted by atomic mass is 16.5. The molecular formula is C15H25NO. The van der Waals surface area contributed by atoms with Crippen molar-refractivity contribution in [3.63, 3.8) is 0 Å². The van der Waals surface area contributed by atoms with Crippen molar-refractivity contribution in [2.45, 2.75) is 46.3 Å². The minimum absolute atomic E-state index is 0.0474. The molecule has 1 aromatic rings. The smallest absolute Gasteiger partial charge is 0.0599 e. The fourth-order valence-corrected chi connectivity index (χ4v) is 1.69. The van der Waals surface area contributed by atoms with E-state index in [9.17, 15) is 0 Å². The average Bonchev–Trinajstić information content (AvgIpc) is 2.23. The maximum Gasteiger partial charge on any atom is 0.0599 e. The molecule has 0 aromatic heterocycles. The molecular weight excluding hydrogens is 210 g/mol. The Kier molecular flexibility index (Phi) is 5.16. The third-order valence-electron chi connectivity index (χ3n) is 2.63. The summed E-state index contributed by atoms with van der Waals surface area (Å²) in [4.78, 5) is 0. The molecule has 0 saturated carbocycles. The molecule has 0 saturated heterocycles. The summed E-state index contributed by atoms with van der Waals surface area (Å²) in [5.74, 6) is 0. The Labute approximate surface area is 105 Å². The van der Waals surface area contributed by atoms with Crippen molar-refractivity contribution in [1.82, 2.24) is 5.32 Å². The van der Waals surface area contributed by atoms with Crippen molar-refractivity contribution in [2.24, 2.45) is 0 Å². The van der Waals surface area contributed by atoms with Crippen LogP contribution in [0.15, 0.2) is 24.3 Å². The third kappa shape index (κ3) is 5.85. The minimum atomic E-state index is -0.0474. The lowest BCUT2D eigenvalue weighted by Gasteiger charge is -2.21. The average molecular weight is 235 g/mol. The van der Waals surface area contributed by atoms with Crippen LogP contribution in [0.5, 0.6) is 0 Å². The largest absolute Gasteiger partial charge is 0.375 e. The van der Waals surface area contributed by atoms with Gasteiger partial charge in [-0.05, 0) is 40.2 Å². The number of nitrogens with one attached hydrogen (secondary N) is 1. The van der Waals surface area contributed by atoms with Gasteiger partial charge in [-0.15, -0.1) is 0 Å². The highest BCUT2D eigenvalue weighted by Crippen LogP contribution is 2.13. The van der Waals surface area contributed by atoms with E-state index in [0.717, 1.165) is 13.2 Å². The van der Waals surface area contributed by atoms with Gasteiger partial charge in [0.25, 0.3) is 0 Å². The van der Waals surface area contributed by atoms with Gasteiger partial charge in [0.15, 0.2) is 0 Å². The Bertz CT molecular complexity index is 341. The number of rotatable bonds is 5. The number of ether oxygens (including phenoxy) is 1. The van der Waals surface area contributed by atoms with Crippen LogP contribution in [0.3, 0.4) is 0 Å². The van der Waals surface area contributed by atoms with Crippen LogP contribution in [-0.4, -0.2) is 18.8 Å². The fourth-order valence-electron chi connectivity index (χ4n) is 1.69. The van der Waals surface area contributed by atoms with Crippen LogP contribution in [0.2, 0.25) is 0 Å². The predicted molar refractivity (Wildman–Crippen MR) is 73.3 cm³/mol. The molecule has 1 N–H and O–H groups in total. The number of hydrogen-bond acceptors (Lipinski definition) is 2. The topological polar surface area (TPSA) is 21.3 Å². The lowest BCUT2D eigenvalue weighted by Crippen LogP contribution is -2.28. The molecule has 96 valence electrons. The second kappa shape index (κ2) is 6.18. The van der Waals surface area contributed by atoms with E-state index in [4.69, 9.17) is 4.74 Å². The van der Waals surface area contributed by atoms with Crippen LogP contribution in [0, 0.1) is 6.92 Å². The summed E-state index contributed by atoms with van der Waals surface area (Å²) >= 11 is 0. The molecule has 1 aromatic carbocycles. The molecule has 17 heavy (non-hydrogen) atoms. The van der Waals surface area contributed by atoms with Gasteiger partial charge >= 0.3 is 0 Å². The van der Waals surface area contributed by atoms with E-state index >= 15 is 0 Å². The highest BCUT2D eigenvalue weighted by molar-refractivity contribution is 5.24. The first-order chi connectivity index (χ1) is 7.88. The van der Waals surface area contributed by atoms with E-state index in [0.29, 0.717) is 6.04 Å². The van der Waals surface area contributed by atoms with Crippen molar-refractivity contribution in [1.29, 1.82) is 0 Å². The summed E-state index contributed by atoms with van der Waals surface area (Å²) in [6, 6.07) is 8.99. The minimum Gasteiger partial charge on any atom is -0.375 e. The van der Waals surface area contributed by atoms with Gasteiger partial charge in [-0.25, -0.2) is 0 Å². The van der Waals surface area contributed by atoms with E-state index in [1.807, 2.05) is 0 Å². The summed E-state index contributed by atoms with van der Waals surface area (Å²) < 4.78 is 5.68. The zero-order valence-electron chi connectivity index (χ0n) is 11.7. The van der Waals surface area contributed by atoms with E-state index in [1.165, 1.54) is 11.1 Å². The van der Waals surface area contributed by atoms with E-state index in [1.54, 1.807) is 0 Å². The summed E-state index contributed by atoms with van der Waals surface area (Å²) in [5, 5.41) is 3.47. The van der Waals surface area contributed by atoms with Gasteiger partial charge in [-0.2, -0.15) is 0 Å². The maximum atomic E-state index is 5.68. The molecule has 0 amide bonds. The predicted octanol–water partition coefficient (Wildman–Crippen LogP) is 3.46. The molecule has 2 heteroatoms. The quantitative estimate of drug-likeness (QED) is 0.789. The van der Waals surface area contributed by atoms with Crippen molar-refractivity contribution in [3.05, 3.63) is 35.4 Å². The summed E-state index contributed by atoms with van der Waals surface area (Å²) in [5.41, 5.74) is 2.59. The number of hydrogen-bond donors (Lipinski definition) is 1. The number of benzene rings is 1. The Morgan fingerprint density at radius 3 is 2.59 bits per heavy atom. The van der Waals surface area contributed by atoms with Gasteiger partial charge in [-0.1, -0.05) is 29.8 Å². The summed E-state index contributed by atoms with van der Waals surface area (Å²) in [6.07, 6.45) is 0. The van der Waals surface area contributed by atoms with Crippen molar-refractivity contribution in [2.75, 3.05) is 13.2 Å². The van der Waals surface area contributed by atoms with E-state index < -0.39 is 0 Å². The molecule has 0 radical (unpaired) electrons. The molecule has 2 nitrogen and oxygen atoms in total. The second-order valence-electron chi connectivity index (χ2n) is 5.55. The second-order valence-corrected chi connectivity index (χ2v) is 5.55. The molecule has 0 heterocycles. The van der Waals surface area contributed by atoms with Crippen molar-refractivity contribution < 1.29 is 4.74 Å². The number of aryl methyl sites for hydroxylation is 1. The zero-order valence-corrected chi connectivity index (χ0v) is 11.7. The van der Waals surface area contributed by atoms with Gasteiger partial charge in [-0.3, -0.25) is 0 Å². The summed E-state index contributed by atoms with van der Waals surface area (Å²) in [6.45, 7) is 12.2. The molecule has 1 rings (SSSR count). The normalized spacial score (nSPS) is 13.7. The lowest BCUT2D eigenvalue weighted by atomic mass is 10.1. The van der Waals surface area contributed by atoms with Crippen LogP contribution in [0.1, 0.15) is 44.9 Å². The Hall–Kier alpha value is -0.860. The molecule has 0 aliphatic rings. The van der Waals surface area contributed by atoms with Crippen LogP contribution >= 0.6 is 0 Å². The zero-order chi connectivity index (χ0) is 12.9. The van der Waals surface area contributed by atoms with Gasteiger partial charge in [0.2, 0.25) is 0 Å².